The van der Waals surface area contributed by atoms with Crippen LogP contribution in [-0.4, -0.2) is 71.3 Å². The molecule has 3 fully saturated rings. The topological polar surface area (TPSA) is 66.4 Å². The summed E-state index contributed by atoms with van der Waals surface area (Å²) in [5, 5.41) is 7.17. The zero-order valence-electron chi connectivity index (χ0n) is 20.9. The predicted octanol–water partition coefficient (Wildman–Crippen LogP) is 4.92. The second-order valence-electron chi connectivity index (χ2n) is 10.5. The number of nitrogens with one attached hydrogen (secondary N) is 1. The first-order valence-corrected chi connectivity index (χ1v) is 13.8. The minimum atomic E-state index is 0.134. The molecule has 5 heterocycles. The number of halogens is 1. The molecule has 37 heavy (non-hydrogen) atoms. The smallest absolute Gasteiger partial charge is 0.320 e. The highest BCUT2D eigenvalue weighted by Gasteiger charge is 2.45. The number of rotatable bonds is 5. The third-order valence-corrected chi connectivity index (χ3v) is 8.63. The standard InChI is InChI=1S/C29H31ClN6O/c30-24-18-23-26(32-25(24)22-9-3-7-20-6-1-2-8-21(20)22)33-28(34-27(23)35-16-12-31-13-17-35)37-19-29-10-4-14-36(29)15-5-11-29/h1-3,6-9,18,31H,4-5,10-17,19H2. The number of piperazine rings is 1. The molecule has 3 saturated heterocycles. The van der Waals surface area contributed by atoms with Crippen molar-refractivity contribution in [2.24, 2.45) is 0 Å². The van der Waals surface area contributed by atoms with Crippen LogP contribution < -0.4 is 15.0 Å². The van der Waals surface area contributed by atoms with E-state index in [1.54, 1.807) is 0 Å². The number of benzene rings is 2. The molecule has 0 aliphatic carbocycles. The zero-order chi connectivity index (χ0) is 24.8. The number of hydrogen-bond donors (Lipinski definition) is 1. The molecule has 8 heteroatoms. The van der Waals surface area contributed by atoms with Gasteiger partial charge in [0.1, 0.15) is 12.4 Å². The molecule has 4 aromatic rings. The van der Waals surface area contributed by atoms with E-state index in [9.17, 15) is 0 Å². The SMILES string of the molecule is Clc1cc2c(N3CCNCC3)nc(OCC34CCCN3CCC4)nc2nc1-c1cccc2ccccc12. The first-order chi connectivity index (χ1) is 18.2. The summed E-state index contributed by atoms with van der Waals surface area (Å²) in [5.41, 5.74) is 2.49. The van der Waals surface area contributed by atoms with E-state index in [-0.39, 0.29) is 5.54 Å². The van der Waals surface area contributed by atoms with Gasteiger partial charge in [-0.2, -0.15) is 9.97 Å². The van der Waals surface area contributed by atoms with E-state index in [0.29, 0.717) is 23.3 Å². The highest BCUT2D eigenvalue weighted by molar-refractivity contribution is 6.34. The van der Waals surface area contributed by atoms with Gasteiger partial charge in [0.05, 0.1) is 21.6 Å². The molecule has 0 saturated carbocycles. The molecule has 7 nitrogen and oxygen atoms in total. The van der Waals surface area contributed by atoms with Crippen LogP contribution in [0.15, 0.2) is 48.5 Å². The number of aromatic nitrogens is 3. The third-order valence-electron chi connectivity index (χ3n) is 8.34. The van der Waals surface area contributed by atoms with E-state index >= 15 is 0 Å². The maximum absolute atomic E-state index is 6.91. The molecule has 7 rings (SSSR count). The quantitative estimate of drug-likeness (QED) is 0.405. The molecule has 0 radical (unpaired) electrons. The van der Waals surface area contributed by atoms with Crippen LogP contribution in [0.1, 0.15) is 25.7 Å². The summed E-state index contributed by atoms with van der Waals surface area (Å²) in [4.78, 5) is 19.7. The molecule has 0 bridgehead atoms. The largest absolute Gasteiger partial charge is 0.461 e. The molecule has 1 N–H and O–H groups in total. The number of fused-ring (bicyclic) bond motifs is 3. The van der Waals surface area contributed by atoms with Crippen molar-refractivity contribution < 1.29 is 4.74 Å². The van der Waals surface area contributed by atoms with Crippen LogP contribution in [0.4, 0.5) is 5.82 Å². The Morgan fingerprint density at radius 1 is 0.892 bits per heavy atom. The number of nitrogens with zero attached hydrogens (tertiary/aromatic N) is 5. The second kappa shape index (κ2) is 9.39. The Bertz CT molecular complexity index is 1450. The molecule has 0 spiro atoms. The first-order valence-electron chi connectivity index (χ1n) is 13.4. The third kappa shape index (κ3) is 4.10. The second-order valence-corrected chi connectivity index (χ2v) is 10.9. The normalized spacial score (nSPS) is 19.5. The van der Waals surface area contributed by atoms with Crippen molar-refractivity contribution in [3.05, 3.63) is 53.6 Å². The fraction of sp³-hybridized carbons (Fsp3) is 0.414. The fourth-order valence-corrected chi connectivity index (χ4v) is 6.71. The summed E-state index contributed by atoms with van der Waals surface area (Å²) in [5.74, 6) is 0.854. The van der Waals surface area contributed by atoms with Gasteiger partial charge >= 0.3 is 6.01 Å². The van der Waals surface area contributed by atoms with Crippen LogP contribution >= 0.6 is 11.6 Å². The average Bonchev–Trinajstić information content (AvgIpc) is 3.52. The van der Waals surface area contributed by atoms with Crippen LogP contribution in [0.5, 0.6) is 6.01 Å². The van der Waals surface area contributed by atoms with Gasteiger partial charge in [-0.25, -0.2) is 4.98 Å². The molecular formula is C29H31ClN6O. The van der Waals surface area contributed by atoms with Gasteiger partial charge in [0.2, 0.25) is 0 Å². The number of anilines is 1. The Balaban J connectivity index is 1.33. The molecule has 0 atom stereocenters. The number of ether oxygens (including phenoxy) is 1. The van der Waals surface area contributed by atoms with E-state index in [2.05, 4.69) is 45.4 Å². The van der Waals surface area contributed by atoms with Crippen LogP contribution in [-0.2, 0) is 0 Å². The van der Waals surface area contributed by atoms with Gasteiger partial charge in [-0.15, -0.1) is 0 Å². The van der Waals surface area contributed by atoms with Crippen LogP contribution in [0.25, 0.3) is 33.1 Å². The Morgan fingerprint density at radius 2 is 1.68 bits per heavy atom. The Hall–Kier alpha value is -3.00. The lowest BCUT2D eigenvalue weighted by Gasteiger charge is -2.32. The van der Waals surface area contributed by atoms with E-state index in [1.807, 2.05) is 18.2 Å². The summed E-state index contributed by atoms with van der Waals surface area (Å²) < 4.78 is 6.40. The zero-order valence-corrected chi connectivity index (χ0v) is 21.7. The fourth-order valence-electron chi connectivity index (χ4n) is 6.46. The molecular weight excluding hydrogens is 484 g/mol. The predicted molar refractivity (Wildman–Crippen MR) is 149 cm³/mol. The number of hydrogen-bond acceptors (Lipinski definition) is 7. The molecule has 2 aromatic heterocycles. The van der Waals surface area contributed by atoms with Crippen molar-refractivity contribution in [1.29, 1.82) is 0 Å². The lowest BCUT2D eigenvalue weighted by molar-refractivity contribution is 0.108. The van der Waals surface area contributed by atoms with Gasteiger partial charge in [-0.05, 0) is 55.6 Å². The van der Waals surface area contributed by atoms with Crippen molar-refractivity contribution >= 4 is 39.2 Å². The van der Waals surface area contributed by atoms with Gasteiger partial charge in [0, 0.05) is 31.7 Å². The van der Waals surface area contributed by atoms with E-state index in [4.69, 9.17) is 31.3 Å². The minimum absolute atomic E-state index is 0.134. The summed E-state index contributed by atoms with van der Waals surface area (Å²) in [6.45, 7) is 6.52. The van der Waals surface area contributed by atoms with Crippen LogP contribution in [0.2, 0.25) is 5.02 Å². The molecule has 190 valence electrons. The lowest BCUT2D eigenvalue weighted by atomic mass is 9.95. The number of pyridine rings is 1. The van der Waals surface area contributed by atoms with Gasteiger partial charge in [-0.1, -0.05) is 54.1 Å². The molecule has 3 aliphatic rings. The molecule has 0 amide bonds. The summed E-state index contributed by atoms with van der Waals surface area (Å²) in [7, 11) is 0. The van der Waals surface area contributed by atoms with E-state index < -0.39 is 0 Å². The summed E-state index contributed by atoms with van der Waals surface area (Å²) in [6, 6.07) is 16.9. The van der Waals surface area contributed by atoms with Crippen molar-refractivity contribution in [2.45, 2.75) is 31.2 Å². The van der Waals surface area contributed by atoms with Gasteiger partial charge in [-0.3, -0.25) is 4.90 Å². The Morgan fingerprint density at radius 3 is 2.51 bits per heavy atom. The Kier molecular flexibility index (Phi) is 5.87. The van der Waals surface area contributed by atoms with E-state index in [1.165, 1.54) is 38.8 Å². The summed E-state index contributed by atoms with van der Waals surface area (Å²) >= 11 is 6.91. The van der Waals surface area contributed by atoms with Gasteiger partial charge < -0.3 is 15.0 Å². The van der Waals surface area contributed by atoms with Crippen LogP contribution in [0, 0.1) is 0 Å². The monoisotopic (exact) mass is 514 g/mol. The average molecular weight is 515 g/mol. The van der Waals surface area contributed by atoms with Crippen LogP contribution in [0.3, 0.4) is 0 Å². The van der Waals surface area contributed by atoms with Crippen molar-refractivity contribution in [1.82, 2.24) is 25.2 Å². The van der Waals surface area contributed by atoms with Crippen molar-refractivity contribution in [3.63, 3.8) is 0 Å². The summed E-state index contributed by atoms with van der Waals surface area (Å²) in [6.07, 6.45) is 4.85. The van der Waals surface area contributed by atoms with Gasteiger partial charge in [0.25, 0.3) is 0 Å². The Labute approximate surface area is 221 Å². The van der Waals surface area contributed by atoms with Gasteiger partial charge in [0.15, 0.2) is 5.65 Å². The molecule has 2 aromatic carbocycles. The minimum Gasteiger partial charge on any atom is -0.461 e. The van der Waals surface area contributed by atoms with Crippen molar-refractivity contribution in [2.75, 3.05) is 50.8 Å². The lowest BCUT2D eigenvalue weighted by Crippen LogP contribution is -2.44. The first kappa shape index (κ1) is 23.1. The highest BCUT2D eigenvalue weighted by Crippen LogP contribution is 2.40. The van der Waals surface area contributed by atoms with Crippen molar-refractivity contribution in [3.8, 4) is 17.3 Å². The maximum Gasteiger partial charge on any atom is 0.320 e. The highest BCUT2D eigenvalue weighted by atomic mass is 35.5. The molecule has 0 unspecified atom stereocenters. The van der Waals surface area contributed by atoms with E-state index in [0.717, 1.165) is 59.4 Å². The molecule has 3 aliphatic heterocycles. The maximum atomic E-state index is 6.91.